The van der Waals surface area contributed by atoms with Crippen molar-refractivity contribution in [2.45, 2.75) is 53.4 Å². The van der Waals surface area contributed by atoms with E-state index in [9.17, 15) is 4.79 Å². The van der Waals surface area contributed by atoms with Crippen LogP contribution in [-0.2, 0) is 19.3 Å². The van der Waals surface area contributed by atoms with Crippen LogP contribution >= 0.6 is 11.3 Å². The summed E-state index contributed by atoms with van der Waals surface area (Å²) >= 11 is 1.72. The van der Waals surface area contributed by atoms with Gasteiger partial charge in [0.2, 0.25) is 6.79 Å². The Balaban J connectivity index is 1.33. The molecule has 0 bridgehead atoms. The van der Waals surface area contributed by atoms with Crippen LogP contribution in [0.4, 0.5) is 0 Å². The number of carbonyl (C=O) groups excluding carboxylic acids is 1. The van der Waals surface area contributed by atoms with Gasteiger partial charge in [-0.05, 0) is 66.2 Å². The average Bonchev–Trinajstić information content (AvgIpc) is 3.33. The van der Waals surface area contributed by atoms with Crippen molar-refractivity contribution in [3.05, 3.63) is 45.1 Å². The van der Waals surface area contributed by atoms with Gasteiger partial charge in [0, 0.05) is 16.5 Å². The fourth-order valence-corrected chi connectivity index (χ4v) is 5.38. The highest BCUT2D eigenvalue weighted by Crippen LogP contribution is 2.40. The van der Waals surface area contributed by atoms with E-state index in [1.165, 1.54) is 10.4 Å². The zero-order chi connectivity index (χ0) is 21.3. The van der Waals surface area contributed by atoms with Gasteiger partial charge in [-0.2, -0.15) is 5.10 Å². The van der Waals surface area contributed by atoms with Crippen LogP contribution in [-0.4, -0.2) is 18.9 Å². The number of hydrogen-bond donors (Lipinski definition) is 1. The molecule has 0 spiro atoms. The Morgan fingerprint density at radius 2 is 2.13 bits per heavy atom. The first-order valence-corrected chi connectivity index (χ1v) is 11.5. The molecule has 2 atom stereocenters. The molecule has 2 aromatic rings. The number of amides is 1. The fourth-order valence-electron chi connectivity index (χ4n) is 4.22. The normalized spacial score (nSPS) is 19.0. The number of ether oxygens (including phenoxy) is 2. The van der Waals surface area contributed by atoms with Gasteiger partial charge in [0.1, 0.15) is 0 Å². The minimum Gasteiger partial charge on any atom is -0.454 e. The van der Waals surface area contributed by atoms with Gasteiger partial charge in [-0.3, -0.25) is 4.79 Å². The molecular weight excluding hydrogens is 396 g/mol. The Morgan fingerprint density at radius 1 is 1.33 bits per heavy atom. The lowest BCUT2D eigenvalue weighted by Crippen LogP contribution is -2.27. The molecule has 6 heteroatoms. The number of fused-ring (bicyclic) bond motifs is 2. The molecule has 0 unspecified atom stereocenters. The number of hydrazone groups is 1. The number of nitrogens with one attached hydrogen (secondary N) is 1. The predicted octanol–water partition coefficient (Wildman–Crippen LogP) is 5.22. The van der Waals surface area contributed by atoms with Crippen molar-refractivity contribution < 1.29 is 14.3 Å². The zero-order valence-electron chi connectivity index (χ0n) is 18.2. The predicted molar refractivity (Wildman–Crippen MR) is 121 cm³/mol. The van der Waals surface area contributed by atoms with E-state index < -0.39 is 0 Å². The molecule has 0 fully saturated rings. The summed E-state index contributed by atoms with van der Waals surface area (Å²) in [7, 11) is 0. The van der Waals surface area contributed by atoms with Gasteiger partial charge in [-0.1, -0.05) is 33.8 Å². The second-order valence-electron chi connectivity index (χ2n) is 9.44. The number of thiophene rings is 1. The van der Waals surface area contributed by atoms with Crippen LogP contribution in [0.3, 0.4) is 0 Å². The summed E-state index contributed by atoms with van der Waals surface area (Å²) in [5, 5.41) is 6.22. The molecule has 1 amide bonds. The smallest absolute Gasteiger partial charge is 0.272 e. The van der Waals surface area contributed by atoms with Crippen molar-refractivity contribution in [3.8, 4) is 11.5 Å². The monoisotopic (exact) mass is 426 g/mol. The van der Waals surface area contributed by atoms with Gasteiger partial charge in [0.15, 0.2) is 11.5 Å². The number of hydrogen-bond acceptors (Lipinski definition) is 5. The van der Waals surface area contributed by atoms with Gasteiger partial charge in [-0.15, -0.1) is 11.3 Å². The third kappa shape index (κ3) is 4.53. The first kappa shape index (κ1) is 20.9. The number of carbonyl (C=O) groups is 1. The minimum atomic E-state index is -0.103. The summed E-state index contributed by atoms with van der Waals surface area (Å²) < 4.78 is 10.8. The molecule has 160 valence electrons. The van der Waals surface area contributed by atoms with Crippen LogP contribution in [0.2, 0.25) is 0 Å². The van der Waals surface area contributed by atoms with E-state index in [0.717, 1.165) is 48.3 Å². The zero-order valence-corrected chi connectivity index (χ0v) is 19.0. The van der Waals surface area contributed by atoms with E-state index in [2.05, 4.69) is 38.2 Å². The number of rotatable bonds is 5. The lowest BCUT2D eigenvalue weighted by molar-refractivity contribution is 0.0954. The van der Waals surface area contributed by atoms with Crippen molar-refractivity contribution in [2.24, 2.45) is 22.4 Å². The summed E-state index contributed by atoms with van der Waals surface area (Å²) in [5.41, 5.74) is 6.21. The largest absolute Gasteiger partial charge is 0.454 e. The molecule has 1 aromatic carbocycles. The maximum absolute atomic E-state index is 12.7. The standard InChI is InChI=1S/C24H30N2O3S/c1-15(9-16-5-8-20-21(10-16)29-14-28-20)12-25-26-23(27)19-13-30-22-11-17(24(2,3)4)6-7-18(19)22/h5,8,10,12-13,15,17H,6-7,9,11,14H2,1-4H3,(H,26,27)/b25-12+/t15-,17-/m1/s1. The number of nitrogens with zero attached hydrogens (tertiary/aromatic N) is 1. The molecule has 1 aliphatic heterocycles. The Hall–Kier alpha value is -2.34. The van der Waals surface area contributed by atoms with Gasteiger partial charge < -0.3 is 9.47 Å². The van der Waals surface area contributed by atoms with Gasteiger partial charge in [0.25, 0.3) is 5.91 Å². The van der Waals surface area contributed by atoms with E-state index in [4.69, 9.17) is 9.47 Å². The highest BCUT2D eigenvalue weighted by Gasteiger charge is 2.31. The van der Waals surface area contributed by atoms with Crippen LogP contribution in [0.5, 0.6) is 11.5 Å². The molecule has 0 radical (unpaired) electrons. The topological polar surface area (TPSA) is 59.9 Å². The van der Waals surface area contributed by atoms with Crippen LogP contribution in [0, 0.1) is 17.3 Å². The molecule has 1 aromatic heterocycles. The molecule has 30 heavy (non-hydrogen) atoms. The summed E-state index contributed by atoms with van der Waals surface area (Å²) in [4.78, 5) is 14.0. The lowest BCUT2D eigenvalue weighted by Gasteiger charge is -2.33. The van der Waals surface area contributed by atoms with E-state index >= 15 is 0 Å². The van der Waals surface area contributed by atoms with Crippen molar-refractivity contribution >= 4 is 23.5 Å². The highest BCUT2D eigenvalue weighted by atomic mass is 32.1. The molecular formula is C24H30N2O3S. The van der Waals surface area contributed by atoms with Crippen molar-refractivity contribution in [3.63, 3.8) is 0 Å². The van der Waals surface area contributed by atoms with Crippen LogP contribution in [0.1, 0.15) is 60.5 Å². The Bertz CT molecular complexity index is 958. The quantitative estimate of drug-likeness (QED) is 0.527. The van der Waals surface area contributed by atoms with E-state index in [0.29, 0.717) is 11.3 Å². The number of benzene rings is 1. The first-order valence-electron chi connectivity index (χ1n) is 10.6. The SMILES string of the molecule is C[C@@H](/C=N/NC(=O)c1csc2c1CC[C@@H](C(C)(C)C)C2)Cc1ccc2c(c1)OCO2. The second-order valence-corrected chi connectivity index (χ2v) is 10.4. The molecule has 2 heterocycles. The Labute approximate surface area is 182 Å². The maximum atomic E-state index is 12.7. The third-order valence-electron chi connectivity index (χ3n) is 6.11. The summed E-state index contributed by atoms with van der Waals surface area (Å²) in [6.45, 7) is 9.29. The first-order chi connectivity index (χ1) is 14.3. The van der Waals surface area contributed by atoms with Gasteiger partial charge >= 0.3 is 0 Å². The molecule has 5 nitrogen and oxygen atoms in total. The minimum absolute atomic E-state index is 0.103. The van der Waals surface area contributed by atoms with Gasteiger partial charge in [0.05, 0.1) is 5.56 Å². The van der Waals surface area contributed by atoms with Crippen molar-refractivity contribution in [1.29, 1.82) is 0 Å². The van der Waals surface area contributed by atoms with Crippen molar-refractivity contribution in [1.82, 2.24) is 5.43 Å². The molecule has 1 aliphatic carbocycles. The fraction of sp³-hybridized carbons (Fsp3) is 0.500. The highest BCUT2D eigenvalue weighted by molar-refractivity contribution is 7.10. The van der Waals surface area contributed by atoms with E-state index in [1.54, 1.807) is 17.6 Å². The van der Waals surface area contributed by atoms with Crippen molar-refractivity contribution in [2.75, 3.05) is 6.79 Å². The third-order valence-corrected chi connectivity index (χ3v) is 7.17. The Kier molecular flexibility index (Phi) is 5.87. The molecule has 4 rings (SSSR count). The van der Waals surface area contributed by atoms with E-state index in [-0.39, 0.29) is 18.6 Å². The lowest BCUT2D eigenvalue weighted by atomic mass is 9.72. The maximum Gasteiger partial charge on any atom is 0.272 e. The average molecular weight is 427 g/mol. The second kappa shape index (κ2) is 8.42. The summed E-state index contributed by atoms with van der Waals surface area (Å²) in [6, 6.07) is 5.99. The molecule has 0 saturated carbocycles. The van der Waals surface area contributed by atoms with Crippen LogP contribution in [0.25, 0.3) is 0 Å². The van der Waals surface area contributed by atoms with Crippen LogP contribution < -0.4 is 14.9 Å². The van der Waals surface area contributed by atoms with Gasteiger partial charge in [-0.25, -0.2) is 5.43 Å². The Morgan fingerprint density at radius 3 is 2.93 bits per heavy atom. The molecule has 2 aliphatic rings. The van der Waals surface area contributed by atoms with E-state index in [1.807, 2.05) is 23.6 Å². The summed E-state index contributed by atoms with van der Waals surface area (Å²) in [6.07, 6.45) is 5.82. The summed E-state index contributed by atoms with van der Waals surface area (Å²) in [5.74, 6) is 2.35. The van der Waals surface area contributed by atoms with Crippen LogP contribution in [0.15, 0.2) is 28.7 Å². The molecule has 1 N–H and O–H groups in total. The molecule has 0 saturated heterocycles.